The van der Waals surface area contributed by atoms with Gasteiger partial charge in [0.15, 0.2) is 12.4 Å². The van der Waals surface area contributed by atoms with Gasteiger partial charge in [-0.05, 0) is 43.2 Å². The first-order valence-corrected chi connectivity index (χ1v) is 19.4. The molecule has 2 N–H and O–H groups in total. The van der Waals surface area contributed by atoms with E-state index in [1.165, 1.54) is 19.2 Å². The van der Waals surface area contributed by atoms with Crippen molar-refractivity contribution in [3.8, 4) is 11.5 Å². The summed E-state index contributed by atoms with van der Waals surface area (Å²) in [6.07, 6.45) is -11.7. The summed E-state index contributed by atoms with van der Waals surface area (Å²) in [4.78, 5) is 43.4. The van der Waals surface area contributed by atoms with Gasteiger partial charge in [0.05, 0.1) is 36.7 Å². The molecule has 0 saturated heterocycles. The van der Waals surface area contributed by atoms with Gasteiger partial charge in [0.1, 0.15) is 5.75 Å². The Labute approximate surface area is 392 Å². The van der Waals surface area contributed by atoms with Crippen LogP contribution in [0.5, 0.6) is 11.5 Å². The molecule has 0 saturated carbocycles. The van der Waals surface area contributed by atoms with Crippen LogP contribution in [0.25, 0.3) is 0 Å². The maximum Gasteiger partial charge on any atom is 0.310 e. The van der Waals surface area contributed by atoms with Crippen LogP contribution in [0.2, 0.25) is 0 Å². The predicted molar refractivity (Wildman–Crippen MR) is 283 cm³/mol. The summed E-state index contributed by atoms with van der Waals surface area (Å²) in [6.45, 7) is 4.10. The summed E-state index contributed by atoms with van der Waals surface area (Å²) in [5.74, 6) is -0.724. The van der Waals surface area contributed by atoms with Gasteiger partial charge in [-0.1, -0.05) is 12.1 Å². The number of phenolic OH excluding ortho intramolecular Hbond substituents is 1. The van der Waals surface area contributed by atoms with Crippen molar-refractivity contribution < 1.29 is 38.6 Å². The van der Waals surface area contributed by atoms with Gasteiger partial charge >= 0.3 is 17.6 Å². The predicted octanol–water partition coefficient (Wildman–Crippen LogP) is -8.51. The number of fused-ring (bicyclic) bond motifs is 1. The van der Waals surface area contributed by atoms with Crippen molar-refractivity contribution in [1.82, 2.24) is 0 Å². The van der Waals surface area contributed by atoms with Crippen LogP contribution >= 0.6 is 0 Å². The Morgan fingerprint density at radius 1 is 0.710 bits per heavy atom. The Bertz CT molecular complexity index is 1690. The number of nitro groups is 1. The maximum absolute atomic E-state index is 11.3. The zero-order valence-corrected chi connectivity index (χ0v) is 34.9. The monoisotopic (exact) mass is 779 g/mol. The molecule has 3 rings (SSSR count). The number of benzene rings is 2. The number of esters is 2. The lowest BCUT2D eigenvalue weighted by atomic mass is 8.32. The second-order valence-electron chi connectivity index (χ2n) is 14.4. The van der Waals surface area contributed by atoms with E-state index in [9.17, 15) is 29.6 Å². The van der Waals surface area contributed by atoms with Crippen LogP contribution in [0.1, 0.15) is 25.0 Å². The van der Waals surface area contributed by atoms with Crippen molar-refractivity contribution in [2.45, 2.75) is 26.7 Å². The fourth-order valence-electron chi connectivity index (χ4n) is 7.19. The van der Waals surface area contributed by atoms with Gasteiger partial charge < -0.3 is 24.6 Å². The normalized spacial score (nSPS) is 10.6. The summed E-state index contributed by atoms with van der Waals surface area (Å²) >= 11 is 0. The fourth-order valence-corrected chi connectivity index (χ4v) is 7.19. The lowest BCUT2D eigenvalue weighted by Crippen LogP contribution is -2.87. The zero-order chi connectivity index (χ0) is 47.6. The Hall–Kier alpha value is -2.27. The lowest BCUT2D eigenvalue weighted by Gasteiger charge is -2.49. The number of hydrogen-bond acceptors (Lipinski definition) is 9. The molecular formula is C22H24B29N2O9. The quantitative estimate of drug-likeness (QED) is 0.0579. The van der Waals surface area contributed by atoms with Crippen LogP contribution in [0.3, 0.4) is 0 Å². The molecule has 1 amide bonds. The second-order valence-corrected chi connectivity index (χ2v) is 14.4. The number of carbonyl (C=O) groups excluding carboxylic acids is 3. The first-order valence-electron chi connectivity index (χ1n) is 19.4. The second kappa shape index (κ2) is 28.6. The van der Waals surface area contributed by atoms with Gasteiger partial charge in [-0.3, -0.25) is 24.5 Å². The van der Waals surface area contributed by atoms with Crippen molar-refractivity contribution in [3.63, 3.8) is 0 Å². The van der Waals surface area contributed by atoms with E-state index in [0.29, 0.717) is 23.6 Å². The molecular weight excluding hydrogens is 750 g/mol. The molecule has 0 bridgehead atoms. The van der Waals surface area contributed by atoms with E-state index in [4.69, 9.17) is 130 Å². The highest BCUT2D eigenvalue weighted by atomic mass is 16.6. The van der Waals surface area contributed by atoms with E-state index in [0.717, 1.165) is 11.6 Å². The van der Waals surface area contributed by atoms with Crippen LogP contribution < -0.4 is 10.1 Å². The molecule has 0 spiro atoms. The Balaban J connectivity index is 0.000000495. The molecule has 263 valence electrons. The molecule has 2 aromatic rings. The summed E-state index contributed by atoms with van der Waals surface area (Å²) < 4.78 is 14.8. The summed E-state index contributed by atoms with van der Waals surface area (Å²) in [5, 5.41) is 22.4. The molecule has 40 heteroatoms. The maximum atomic E-state index is 11.3. The van der Waals surface area contributed by atoms with Crippen molar-refractivity contribution in [1.29, 1.82) is 0 Å². The number of aromatic hydroxyl groups is 1. The fraction of sp³-hybridized carbons (Fsp3) is 0.318. The van der Waals surface area contributed by atoms with Crippen molar-refractivity contribution in [2.24, 2.45) is 0 Å². The zero-order valence-electron chi connectivity index (χ0n) is 34.9. The molecule has 1 aliphatic rings. The Morgan fingerprint density at radius 3 is 1.52 bits per heavy atom. The van der Waals surface area contributed by atoms with E-state index < -0.39 is 105 Å². The third-order valence-corrected chi connectivity index (χ3v) is 9.78. The third kappa shape index (κ3) is 18.3. The van der Waals surface area contributed by atoms with Crippen LogP contribution in [0.4, 0.5) is 11.4 Å². The number of anilines is 1. The molecule has 0 unspecified atom stereocenters. The highest BCUT2D eigenvalue weighted by Gasteiger charge is 2.51. The number of nitrogens with one attached hydrogen (secondary N) is 1. The third-order valence-electron chi connectivity index (χ3n) is 9.78. The molecule has 0 fully saturated rings. The average molecular weight is 774 g/mol. The number of ether oxygens (including phenoxy) is 3. The number of hydrogen-bond donors (Lipinski definition) is 2. The first kappa shape index (κ1) is 57.7. The van der Waals surface area contributed by atoms with E-state index in [-0.39, 0.29) is 37.9 Å². The lowest BCUT2D eigenvalue weighted by molar-refractivity contribution is -0.385. The topological polar surface area (TPSA) is 154 Å². The van der Waals surface area contributed by atoms with Crippen molar-refractivity contribution in [3.05, 3.63) is 57.6 Å². The SMILES string of the molecule is CCOC(=O)Cc1ccc(O)c([N+](=O)[O-])c1.CCOC(=O)Cc1ccc2c(c1)NC(=O)CO2.[B][B]B(B([B])[B])B(B(B([B])[B])B([B])[B])B(B(B([B])[B])B([B])[B])B(B([B])[B])B([B])[B]. The minimum absolute atomic E-state index is 0.0320. The largest absolute Gasteiger partial charge is 0.502 e. The summed E-state index contributed by atoms with van der Waals surface area (Å²) in [7, 11) is 91.2. The van der Waals surface area contributed by atoms with E-state index >= 15 is 0 Å². The Kier molecular flexibility index (Phi) is 26.6. The standard InChI is InChI=1S/C12H13NO4.C10H11NO5.B29/c1-2-16-12(15)6-8-3-4-10-9(5-8)13-11(14)7-17-10;1-2-16-10(13)6-7-3-4-9(12)8(5-7)11(14)15;1-16-24(17(2)3)28(25(18(4)5)19(6)7)29(26(20(8)9)21(10)11)27(22(12)13)23(14)15/h3-5H,2,6-7H2,1H3,(H,13,14);3-5,12H,2,6H2,1H3;. The van der Waals surface area contributed by atoms with Crippen LogP contribution in [-0.4, -0.2) is 254 Å². The highest BCUT2D eigenvalue weighted by Crippen LogP contribution is 2.29. The molecule has 0 aromatic heterocycles. The van der Waals surface area contributed by atoms with Crippen LogP contribution in [0.15, 0.2) is 36.4 Å². The smallest absolute Gasteiger partial charge is 0.310 e. The molecule has 31 radical (unpaired) electrons. The Morgan fingerprint density at radius 2 is 1.13 bits per heavy atom. The number of amides is 1. The van der Waals surface area contributed by atoms with Crippen LogP contribution in [0, 0.1) is 10.1 Å². The number of nitro benzene ring substituents is 1. The molecule has 2 aromatic carbocycles. The van der Waals surface area contributed by atoms with Gasteiger partial charge in [-0.2, -0.15) is 0 Å². The van der Waals surface area contributed by atoms with Gasteiger partial charge in [0.2, 0.25) is 0 Å². The summed E-state index contributed by atoms with van der Waals surface area (Å²) in [6, 6.07) is 9.04. The van der Waals surface area contributed by atoms with E-state index in [1.807, 2.05) is 0 Å². The molecule has 0 aliphatic carbocycles. The van der Waals surface area contributed by atoms with Gasteiger partial charge in [-0.25, -0.2) is 0 Å². The average Bonchev–Trinajstić information content (AvgIpc) is 3.14. The minimum atomic E-state index is -1.03. The number of phenols is 1. The first-order chi connectivity index (χ1) is 28.9. The summed E-state index contributed by atoms with van der Waals surface area (Å²) in [5.41, 5.74) is 1.40. The number of nitrogens with zero attached hydrogens (tertiary/aromatic N) is 1. The van der Waals surface area contributed by atoms with E-state index in [1.54, 1.807) is 32.0 Å². The number of rotatable bonds is 20. The van der Waals surface area contributed by atoms with Crippen molar-refractivity contribution in [2.75, 3.05) is 25.1 Å². The molecule has 1 heterocycles. The minimum Gasteiger partial charge on any atom is -0.502 e. The van der Waals surface area contributed by atoms with Gasteiger partial charge in [-0.15, -0.1) is 0 Å². The van der Waals surface area contributed by atoms with Crippen LogP contribution in [-0.2, 0) is 36.7 Å². The highest BCUT2D eigenvalue weighted by molar-refractivity contribution is 8.26. The molecule has 0 atom stereocenters. The molecule has 62 heavy (non-hydrogen) atoms. The van der Waals surface area contributed by atoms with Crippen molar-refractivity contribution >= 4 is 235 Å². The number of carbonyl (C=O) groups is 3. The van der Waals surface area contributed by atoms with E-state index in [2.05, 4.69) is 5.32 Å². The van der Waals surface area contributed by atoms with Gasteiger partial charge in [0.25, 0.3) is 5.91 Å². The molecule has 1 aliphatic heterocycles. The van der Waals surface area contributed by atoms with Gasteiger partial charge in [0, 0.05) is 212 Å². The molecule has 11 nitrogen and oxygen atoms in total.